The Morgan fingerprint density at radius 1 is 0.659 bits per heavy atom. The van der Waals surface area contributed by atoms with Gasteiger partial charge in [0, 0.05) is 35.3 Å². The van der Waals surface area contributed by atoms with Crippen molar-refractivity contribution in [3.8, 4) is 23.0 Å². The van der Waals surface area contributed by atoms with Crippen LogP contribution < -0.4 is 9.30 Å². The van der Waals surface area contributed by atoms with E-state index < -0.39 is 0 Å². The number of pyridine rings is 2. The Bertz CT molecular complexity index is 2540. The van der Waals surface area contributed by atoms with Crippen molar-refractivity contribution >= 4 is 49.8 Å². The van der Waals surface area contributed by atoms with E-state index in [0.717, 1.165) is 67.4 Å². The maximum atomic E-state index is 6.59. The van der Waals surface area contributed by atoms with Gasteiger partial charge in [0.1, 0.15) is 28.5 Å². The molecular formula is C37H27N6O+. The third-order valence-corrected chi connectivity index (χ3v) is 8.52. The first-order valence-corrected chi connectivity index (χ1v) is 14.7. The van der Waals surface area contributed by atoms with E-state index in [4.69, 9.17) is 9.72 Å². The van der Waals surface area contributed by atoms with Gasteiger partial charge in [0.15, 0.2) is 11.0 Å². The van der Waals surface area contributed by atoms with Gasteiger partial charge in [-0.1, -0.05) is 42.5 Å². The monoisotopic (exact) mass is 571 g/mol. The van der Waals surface area contributed by atoms with E-state index in [1.54, 1.807) is 0 Å². The summed E-state index contributed by atoms with van der Waals surface area (Å²) in [7, 11) is 0. The molecule has 0 atom stereocenters. The summed E-state index contributed by atoms with van der Waals surface area (Å²) in [5.74, 6) is 3.32. The number of hydrogen-bond donors (Lipinski definition) is 1. The molecule has 0 bridgehead atoms. The number of ether oxygens (including phenoxy) is 1. The van der Waals surface area contributed by atoms with Crippen LogP contribution in [0.5, 0.6) is 11.5 Å². The Hall–Kier alpha value is -5.95. The van der Waals surface area contributed by atoms with Gasteiger partial charge >= 0.3 is 5.78 Å². The van der Waals surface area contributed by atoms with Crippen LogP contribution in [0.2, 0.25) is 0 Å². The first-order valence-electron chi connectivity index (χ1n) is 14.7. The lowest BCUT2D eigenvalue weighted by Crippen LogP contribution is -2.32. The molecule has 44 heavy (non-hydrogen) atoms. The molecule has 9 aromatic rings. The molecule has 0 unspecified atom stereocenters. The highest BCUT2D eigenvalue weighted by atomic mass is 16.5. The number of fused-ring (bicyclic) bond motifs is 8. The number of aromatic amines is 1. The molecule has 0 saturated carbocycles. The van der Waals surface area contributed by atoms with E-state index in [-0.39, 0.29) is 0 Å². The lowest BCUT2D eigenvalue weighted by atomic mass is 10.1. The smallest absolute Gasteiger partial charge is 0.375 e. The fraction of sp³-hybridized carbons (Fsp3) is 0.0541. The van der Waals surface area contributed by atoms with Crippen molar-refractivity contribution in [2.24, 2.45) is 0 Å². The van der Waals surface area contributed by atoms with Gasteiger partial charge in [0.25, 0.3) is 0 Å². The zero-order valence-electron chi connectivity index (χ0n) is 24.2. The second-order valence-electron chi connectivity index (χ2n) is 11.2. The van der Waals surface area contributed by atoms with E-state index in [9.17, 15) is 0 Å². The summed E-state index contributed by atoms with van der Waals surface area (Å²) in [6, 6.07) is 37.4. The van der Waals surface area contributed by atoms with Gasteiger partial charge in [0.2, 0.25) is 5.65 Å². The van der Waals surface area contributed by atoms with Crippen LogP contribution in [0, 0.1) is 13.8 Å². The maximum absolute atomic E-state index is 6.59. The summed E-state index contributed by atoms with van der Waals surface area (Å²) in [6.45, 7) is 4.31. The largest absolute Gasteiger partial charge is 0.457 e. The maximum Gasteiger partial charge on any atom is 0.375 e. The molecule has 0 radical (unpaired) electrons. The molecule has 0 aliphatic rings. The normalized spacial score (nSPS) is 11.9. The third kappa shape index (κ3) is 3.53. The summed E-state index contributed by atoms with van der Waals surface area (Å²) >= 11 is 0. The highest BCUT2D eigenvalue weighted by Crippen LogP contribution is 2.36. The van der Waals surface area contributed by atoms with E-state index >= 15 is 0 Å². The van der Waals surface area contributed by atoms with Gasteiger partial charge in [-0.15, -0.1) is 0 Å². The lowest BCUT2D eigenvalue weighted by molar-refractivity contribution is -0.541. The third-order valence-electron chi connectivity index (χ3n) is 8.52. The number of rotatable bonds is 4. The number of aryl methyl sites for hydroxylation is 2. The van der Waals surface area contributed by atoms with Gasteiger partial charge < -0.3 is 4.74 Å². The molecule has 7 nitrogen and oxygen atoms in total. The van der Waals surface area contributed by atoms with E-state index in [0.29, 0.717) is 0 Å². The van der Waals surface area contributed by atoms with Gasteiger partial charge in [-0.2, -0.15) is 8.97 Å². The molecule has 0 spiro atoms. The highest BCUT2D eigenvalue weighted by Gasteiger charge is 2.27. The van der Waals surface area contributed by atoms with Crippen LogP contribution in [0.4, 0.5) is 0 Å². The van der Waals surface area contributed by atoms with Gasteiger partial charge in [-0.25, -0.2) is 15.0 Å². The zero-order valence-corrected chi connectivity index (χ0v) is 24.2. The Balaban J connectivity index is 1.24. The van der Waals surface area contributed by atoms with Crippen LogP contribution in [0.1, 0.15) is 11.1 Å². The van der Waals surface area contributed by atoms with Gasteiger partial charge in [0.05, 0.1) is 11.0 Å². The number of imidazole rings is 2. The van der Waals surface area contributed by atoms with Crippen molar-refractivity contribution in [1.29, 1.82) is 0 Å². The number of H-pyrrole nitrogens is 1. The minimum Gasteiger partial charge on any atom is -0.457 e. The zero-order chi connectivity index (χ0) is 29.4. The average molecular weight is 572 g/mol. The van der Waals surface area contributed by atoms with Gasteiger partial charge in [-0.3, -0.25) is 4.57 Å². The SMILES string of the molecule is Cc1cccc(C)c1-[n+]1c2ccc(Oc3ccc4c5ccccc5n(-c5ccccn5)c4c3)cc2n2c3ncccc3[nH]c21. The van der Waals surface area contributed by atoms with E-state index in [1.165, 1.54) is 16.5 Å². The van der Waals surface area contributed by atoms with Crippen molar-refractivity contribution in [1.82, 2.24) is 23.9 Å². The molecule has 0 aliphatic carbocycles. The fourth-order valence-corrected chi connectivity index (χ4v) is 6.65. The van der Waals surface area contributed by atoms with Crippen LogP contribution in [0.15, 0.2) is 122 Å². The van der Waals surface area contributed by atoms with Crippen molar-refractivity contribution in [2.45, 2.75) is 13.8 Å². The standard InChI is InChI=1S/C37H26N6O/c1-23-9-7-10-24(2)35(23)42-31-18-16-26(22-33(31)43-36-29(40-37(42)43)12-8-20-39-36)44-25-15-17-28-27-11-3-4-13-30(27)41(32(28)21-25)34-14-5-6-19-38-34/h3-22H,1-2H3/p+1. The molecule has 0 saturated heterocycles. The molecule has 7 heteroatoms. The Morgan fingerprint density at radius 3 is 2.25 bits per heavy atom. The number of para-hydroxylation sites is 2. The first-order chi connectivity index (χ1) is 21.7. The molecule has 0 amide bonds. The highest BCUT2D eigenvalue weighted by molar-refractivity contribution is 6.09. The summed E-state index contributed by atoms with van der Waals surface area (Å²) in [5.41, 5.74) is 9.64. The van der Waals surface area contributed by atoms with Crippen LogP contribution in [0.3, 0.4) is 0 Å². The van der Waals surface area contributed by atoms with Gasteiger partial charge in [-0.05, 0) is 79.6 Å². The lowest BCUT2D eigenvalue weighted by Gasteiger charge is -2.09. The molecule has 210 valence electrons. The van der Waals surface area contributed by atoms with Crippen LogP contribution in [-0.2, 0) is 0 Å². The van der Waals surface area contributed by atoms with Crippen molar-refractivity contribution < 1.29 is 9.30 Å². The molecule has 5 aromatic heterocycles. The molecule has 0 fully saturated rings. The predicted molar refractivity (Wildman–Crippen MR) is 174 cm³/mol. The molecular weight excluding hydrogens is 544 g/mol. The number of nitrogens with one attached hydrogen (secondary N) is 1. The minimum absolute atomic E-state index is 0.746. The van der Waals surface area contributed by atoms with E-state index in [1.807, 2.05) is 48.8 Å². The van der Waals surface area contributed by atoms with Crippen LogP contribution in [-0.4, -0.2) is 23.9 Å². The second kappa shape index (κ2) is 9.28. The quantitative estimate of drug-likeness (QED) is 0.217. The first kappa shape index (κ1) is 24.6. The Labute approximate surface area is 252 Å². The summed E-state index contributed by atoms with van der Waals surface area (Å²) in [5, 5.41) is 2.33. The predicted octanol–water partition coefficient (Wildman–Crippen LogP) is 8.15. The van der Waals surface area contributed by atoms with Crippen LogP contribution in [0.25, 0.3) is 61.3 Å². The summed E-state index contributed by atoms with van der Waals surface area (Å²) < 4.78 is 13.3. The number of hydrogen-bond acceptors (Lipinski definition) is 3. The van der Waals surface area contributed by atoms with E-state index in [2.05, 4.69) is 110 Å². The number of benzene rings is 4. The number of nitrogens with zero attached hydrogens (tertiary/aromatic N) is 5. The number of aromatic nitrogens is 6. The molecule has 1 N–H and O–H groups in total. The van der Waals surface area contributed by atoms with Crippen molar-refractivity contribution in [3.63, 3.8) is 0 Å². The molecule has 5 heterocycles. The Morgan fingerprint density at radius 2 is 1.41 bits per heavy atom. The van der Waals surface area contributed by atoms with Crippen molar-refractivity contribution in [2.75, 3.05) is 0 Å². The minimum atomic E-state index is 0.746. The second-order valence-corrected chi connectivity index (χ2v) is 11.2. The molecule has 9 rings (SSSR count). The average Bonchev–Trinajstić information content (AvgIpc) is 3.68. The summed E-state index contributed by atoms with van der Waals surface area (Å²) in [4.78, 5) is 13.0. The molecule has 0 aliphatic heterocycles. The summed E-state index contributed by atoms with van der Waals surface area (Å²) in [6.07, 6.45) is 3.66. The van der Waals surface area contributed by atoms with Crippen molar-refractivity contribution in [3.05, 3.63) is 133 Å². The van der Waals surface area contributed by atoms with Crippen LogP contribution >= 0.6 is 0 Å². The topological polar surface area (TPSA) is 64.0 Å². The Kier molecular flexibility index (Phi) is 5.19. The fourth-order valence-electron chi connectivity index (χ4n) is 6.65. The molecule has 4 aromatic carbocycles.